The molecule has 3 rings (SSSR count). The van der Waals surface area contributed by atoms with Crippen molar-refractivity contribution in [1.29, 1.82) is 0 Å². The Morgan fingerprint density at radius 3 is 2.17 bits per heavy atom. The Morgan fingerprint density at radius 2 is 1.69 bits per heavy atom. The van der Waals surface area contributed by atoms with Gasteiger partial charge in [-0.3, -0.25) is 14.3 Å². The zero-order chi connectivity index (χ0) is 26.8. The second kappa shape index (κ2) is 8.82. The fourth-order valence-corrected chi connectivity index (χ4v) is 11.2. The molecule has 1 aromatic rings. The molecular weight excluding hydrogens is 480 g/mol. The van der Waals surface area contributed by atoms with Crippen LogP contribution in [0.1, 0.15) is 74.1 Å². The number of aromatic amines is 1. The van der Waals surface area contributed by atoms with Crippen molar-refractivity contribution in [2.45, 2.75) is 115 Å². The lowest BCUT2D eigenvalue weighted by atomic mass is 10.1. The van der Waals surface area contributed by atoms with E-state index >= 15 is 0 Å². The minimum Gasteiger partial charge on any atom is -0.407 e. The van der Waals surface area contributed by atoms with Crippen molar-refractivity contribution in [1.82, 2.24) is 9.55 Å². The SMILES string of the molecule is C#Cc1cn([C@@H]2O[C@@H]3CO[Si](C(C)(C)C)(C(C)(C)C)O[C@H]3[C@H]2O[Si](C)(C)C(C)(C)C)c(=O)[nH]c1=O. The highest BCUT2D eigenvalue weighted by Crippen LogP contribution is 2.56. The molecule has 4 atom stereocenters. The molecule has 1 aromatic heterocycles. The number of nitrogens with zero attached hydrogens (tertiary/aromatic N) is 1. The van der Waals surface area contributed by atoms with Crippen LogP contribution in [0.3, 0.4) is 0 Å². The van der Waals surface area contributed by atoms with E-state index in [1.54, 1.807) is 0 Å². The molecule has 0 amide bonds. The number of ether oxygens (including phenoxy) is 1. The van der Waals surface area contributed by atoms with Crippen LogP contribution in [0.15, 0.2) is 15.8 Å². The first kappa shape index (κ1) is 28.1. The van der Waals surface area contributed by atoms with Crippen LogP contribution in [0.5, 0.6) is 0 Å². The minimum atomic E-state index is -2.83. The predicted molar refractivity (Wildman–Crippen MR) is 141 cm³/mol. The first-order valence-electron chi connectivity index (χ1n) is 12.2. The van der Waals surface area contributed by atoms with Gasteiger partial charge in [0.05, 0.1) is 6.61 Å². The Balaban J connectivity index is 2.16. The second-order valence-corrected chi connectivity index (χ2v) is 22.8. The number of terminal acetylenes is 1. The molecule has 0 aromatic carbocycles. The Morgan fingerprint density at radius 1 is 1.11 bits per heavy atom. The first-order valence-corrected chi connectivity index (χ1v) is 17.0. The minimum absolute atomic E-state index is 0.0550. The normalized spacial score (nSPS) is 27.4. The highest BCUT2D eigenvalue weighted by Gasteiger charge is 2.65. The van der Waals surface area contributed by atoms with E-state index in [1.807, 2.05) is 0 Å². The fourth-order valence-electron chi connectivity index (χ4n) is 4.96. The molecule has 3 heterocycles. The van der Waals surface area contributed by atoms with Crippen LogP contribution in [0, 0.1) is 12.3 Å². The van der Waals surface area contributed by atoms with E-state index in [1.165, 1.54) is 10.8 Å². The lowest BCUT2D eigenvalue weighted by Crippen LogP contribution is -2.66. The Labute approximate surface area is 211 Å². The van der Waals surface area contributed by atoms with Crippen molar-refractivity contribution in [2.24, 2.45) is 0 Å². The summed E-state index contributed by atoms with van der Waals surface area (Å²) in [5, 5.41) is -0.522. The topological polar surface area (TPSA) is 91.8 Å². The molecule has 0 aliphatic carbocycles. The van der Waals surface area contributed by atoms with E-state index in [0.29, 0.717) is 6.61 Å². The van der Waals surface area contributed by atoms with Crippen molar-refractivity contribution in [2.75, 3.05) is 6.61 Å². The van der Waals surface area contributed by atoms with Crippen LogP contribution in [0.25, 0.3) is 0 Å². The lowest BCUT2D eigenvalue weighted by molar-refractivity contribution is -0.0809. The average Bonchev–Trinajstić information content (AvgIpc) is 3.02. The van der Waals surface area contributed by atoms with E-state index in [0.717, 1.165) is 0 Å². The van der Waals surface area contributed by atoms with Crippen molar-refractivity contribution >= 4 is 16.9 Å². The molecule has 196 valence electrons. The van der Waals surface area contributed by atoms with E-state index in [9.17, 15) is 9.59 Å². The second-order valence-electron chi connectivity index (χ2n) is 13.3. The van der Waals surface area contributed by atoms with Crippen molar-refractivity contribution in [3.63, 3.8) is 0 Å². The number of aromatic nitrogens is 2. The van der Waals surface area contributed by atoms with Crippen LogP contribution in [-0.4, -0.2) is 51.3 Å². The molecule has 0 unspecified atom stereocenters. The highest BCUT2D eigenvalue weighted by atomic mass is 28.4. The maximum atomic E-state index is 12.9. The summed E-state index contributed by atoms with van der Waals surface area (Å²) in [6.45, 7) is 24.1. The van der Waals surface area contributed by atoms with Crippen LogP contribution in [0.2, 0.25) is 28.2 Å². The molecule has 0 radical (unpaired) electrons. The van der Waals surface area contributed by atoms with Gasteiger partial charge in [0, 0.05) is 16.3 Å². The van der Waals surface area contributed by atoms with Gasteiger partial charge in [-0.25, -0.2) is 4.79 Å². The molecule has 0 bridgehead atoms. The zero-order valence-electron chi connectivity index (χ0n) is 23.1. The third kappa shape index (κ3) is 4.79. The summed E-state index contributed by atoms with van der Waals surface area (Å²) < 4.78 is 28.3. The summed E-state index contributed by atoms with van der Waals surface area (Å²) in [5.74, 6) is 2.35. The first-order chi connectivity index (χ1) is 15.8. The molecule has 0 saturated carbocycles. The van der Waals surface area contributed by atoms with E-state index < -0.39 is 52.7 Å². The number of H-pyrrole nitrogens is 1. The fraction of sp³-hybridized carbons (Fsp3) is 0.760. The standard InChI is InChI=1S/C25H42N2O6Si2/c1-13-16-14-27(22(29)26-20(16)28)21-19(32-34(11,12)23(2,3)4)18-17(31-21)15-30-35(33-18,24(5,6)7)25(8,9)10/h1,14,17-19,21H,15H2,2-12H3,(H,26,28,29)/t17-,18-,19-,21-/m1/s1. The van der Waals surface area contributed by atoms with Gasteiger partial charge in [-0.15, -0.1) is 6.42 Å². The molecule has 10 heteroatoms. The third-order valence-electron chi connectivity index (χ3n) is 7.65. The molecule has 35 heavy (non-hydrogen) atoms. The maximum Gasteiger partial charge on any atom is 0.349 e. The highest BCUT2D eigenvalue weighted by molar-refractivity contribution is 6.74. The van der Waals surface area contributed by atoms with Gasteiger partial charge >= 0.3 is 14.3 Å². The lowest BCUT2D eigenvalue weighted by Gasteiger charge is -2.54. The van der Waals surface area contributed by atoms with Crippen LogP contribution in [0.4, 0.5) is 0 Å². The molecule has 2 aliphatic rings. The van der Waals surface area contributed by atoms with E-state index in [4.69, 9.17) is 24.4 Å². The Hall–Kier alpha value is -1.49. The van der Waals surface area contributed by atoms with Gasteiger partial charge in [0.1, 0.15) is 23.9 Å². The van der Waals surface area contributed by atoms with Gasteiger partial charge in [-0.05, 0) is 18.1 Å². The Kier molecular flexibility index (Phi) is 7.08. The van der Waals surface area contributed by atoms with Gasteiger partial charge < -0.3 is 18.0 Å². The van der Waals surface area contributed by atoms with Crippen molar-refractivity contribution < 1.29 is 18.0 Å². The third-order valence-corrected chi connectivity index (χ3v) is 17.2. The Bertz CT molecular complexity index is 1100. The number of nitrogens with one attached hydrogen (secondary N) is 1. The summed E-state index contributed by atoms with van der Waals surface area (Å²) in [7, 11) is -5.15. The largest absolute Gasteiger partial charge is 0.407 e. The number of fused-ring (bicyclic) bond motifs is 1. The quantitative estimate of drug-likeness (QED) is 0.471. The van der Waals surface area contributed by atoms with Crippen molar-refractivity contribution in [3.05, 3.63) is 32.6 Å². The molecular formula is C25H42N2O6Si2. The van der Waals surface area contributed by atoms with Crippen LogP contribution < -0.4 is 11.2 Å². The molecule has 2 aliphatic heterocycles. The maximum absolute atomic E-state index is 12.9. The van der Waals surface area contributed by atoms with E-state index in [-0.39, 0.29) is 20.7 Å². The molecule has 0 spiro atoms. The summed E-state index contributed by atoms with van der Waals surface area (Å²) >= 11 is 0. The van der Waals surface area contributed by atoms with Gasteiger partial charge in [-0.1, -0.05) is 68.2 Å². The smallest absolute Gasteiger partial charge is 0.349 e. The predicted octanol–water partition coefficient (Wildman–Crippen LogP) is 4.26. The van der Waals surface area contributed by atoms with Crippen LogP contribution >= 0.6 is 0 Å². The zero-order valence-corrected chi connectivity index (χ0v) is 25.1. The molecule has 2 saturated heterocycles. The number of rotatable bonds is 3. The molecule has 8 nitrogen and oxygen atoms in total. The van der Waals surface area contributed by atoms with Gasteiger partial charge in [0.25, 0.3) is 5.56 Å². The van der Waals surface area contributed by atoms with E-state index in [2.05, 4.69) is 86.3 Å². The number of hydrogen-bond donors (Lipinski definition) is 1. The van der Waals surface area contributed by atoms with Crippen LogP contribution in [-0.2, 0) is 18.0 Å². The summed E-state index contributed by atoms with van der Waals surface area (Å²) in [6.07, 6.45) is 4.66. The monoisotopic (exact) mass is 522 g/mol. The summed E-state index contributed by atoms with van der Waals surface area (Å²) in [4.78, 5) is 27.3. The molecule has 2 fully saturated rings. The van der Waals surface area contributed by atoms with Gasteiger partial charge in [-0.2, -0.15) is 0 Å². The van der Waals surface area contributed by atoms with Crippen molar-refractivity contribution in [3.8, 4) is 12.3 Å². The molecule has 1 N–H and O–H groups in total. The summed E-state index contributed by atoms with van der Waals surface area (Å²) in [6, 6.07) is 0. The van der Waals surface area contributed by atoms with Gasteiger partial charge in [0.15, 0.2) is 14.5 Å². The van der Waals surface area contributed by atoms with Gasteiger partial charge in [0.2, 0.25) is 0 Å². The number of hydrogen-bond acceptors (Lipinski definition) is 6. The summed E-state index contributed by atoms with van der Waals surface area (Å²) in [5.41, 5.74) is -1.14. The average molecular weight is 523 g/mol.